The summed E-state index contributed by atoms with van der Waals surface area (Å²) in [4.78, 5) is 36.4. The number of carbonyl (C=O) groups is 2. The zero-order valence-corrected chi connectivity index (χ0v) is 23.6. The minimum atomic E-state index is -4.57. The smallest absolute Gasteiger partial charge is 0.311 e. The molecule has 0 radical (unpaired) electrons. The van der Waals surface area contributed by atoms with Crippen molar-refractivity contribution in [1.82, 2.24) is 19.8 Å². The average molecular weight is 580 g/mol. The van der Waals surface area contributed by atoms with Gasteiger partial charge < -0.3 is 15.5 Å². The normalized spacial score (nSPS) is 14.0. The van der Waals surface area contributed by atoms with Crippen molar-refractivity contribution in [3.8, 4) is 11.8 Å². The number of nitrogens with zero attached hydrogens (tertiary/aromatic N) is 4. The summed E-state index contributed by atoms with van der Waals surface area (Å²) in [5.74, 6) is 6.34. The van der Waals surface area contributed by atoms with Crippen LogP contribution in [0.15, 0.2) is 48.8 Å². The molecule has 0 saturated carbocycles. The number of aryl methyl sites for hydroxylation is 1. The van der Waals surface area contributed by atoms with E-state index in [2.05, 4.69) is 49.6 Å². The molecule has 2 aromatic heterocycles. The highest BCUT2D eigenvalue weighted by atomic mass is 19.4. The molecule has 1 aromatic carbocycles. The molecule has 0 unspecified atom stereocenters. The van der Waals surface area contributed by atoms with Crippen LogP contribution in [0.1, 0.15) is 41.7 Å². The van der Waals surface area contributed by atoms with E-state index in [0.717, 1.165) is 31.3 Å². The molecule has 42 heavy (non-hydrogen) atoms. The molecule has 0 spiro atoms. The highest BCUT2D eigenvalue weighted by Crippen LogP contribution is 2.34. The van der Waals surface area contributed by atoms with Crippen LogP contribution in [-0.2, 0) is 17.5 Å². The average Bonchev–Trinajstić information content (AvgIpc) is 2.94. The van der Waals surface area contributed by atoms with Gasteiger partial charge in [-0.05, 0) is 54.9 Å². The van der Waals surface area contributed by atoms with E-state index >= 15 is 0 Å². The van der Waals surface area contributed by atoms with Crippen molar-refractivity contribution in [2.24, 2.45) is 0 Å². The second-order valence-corrected chi connectivity index (χ2v) is 9.91. The van der Waals surface area contributed by atoms with E-state index in [-0.39, 0.29) is 29.5 Å². The Labute approximate surface area is 242 Å². The Balaban J connectivity index is 1.41. The summed E-state index contributed by atoms with van der Waals surface area (Å²) in [7, 11) is 0. The Bertz CT molecular complexity index is 1510. The van der Waals surface area contributed by atoms with Crippen LogP contribution in [0.25, 0.3) is 0 Å². The number of halogens is 3. The van der Waals surface area contributed by atoms with Crippen molar-refractivity contribution in [1.29, 1.82) is 0 Å². The lowest BCUT2D eigenvalue weighted by atomic mass is 10.0. The number of alkyl halides is 3. The molecule has 3 N–H and O–H groups in total. The number of carbonyl (C=O) groups excluding carboxylic acids is 2. The van der Waals surface area contributed by atoms with Gasteiger partial charge in [-0.15, -0.1) is 0 Å². The van der Waals surface area contributed by atoms with Gasteiger partial charge >= 0.3 is 12.2 Å². The van der Waals surface area contributed by atoms with Crippen molar-refractivity contribution >= 4 is 29.3 Å². The van der Waals surface area contributed by atoms with Crippen molar-refractivity contribution in [3.63, 3.8) is 0 Å². The molecular formula is C30H32F3N7O2. The van der Waals surface area contributed by atoms with E-state index < -0.39 is 17.8 Å². The van der Waals surface area contributed by atoms with Gasteiger partial charge in [-0.25, -0.2) is 14.8 Å². The van der Waals surface area contributed by atoms with Crippen molar-refractivity contribution in [2.75, 3.05) is 48.7 Å². The largest absolute Gasteiger partial charge is 0.416 e. The number of benzene rings is 1. The van der Waals surface area contributed by atoms with Gasteiger partial charge in [-0.3, -0.25) is 15.0 Å². The number of pyridine rings is 2. The maximum Gasteiger partial charge on any atom is 0.416 e. The Morgan fingerprint density at radius 3 is 2.31 bits per heavy atom. The lowest BCUT2D eigenvalue weighted by Crippen LogP contribution is -2.45. The van der Waals surface area contributed by atoms with E-state index in [1.165, 1.54) is 31.5 Å². The molecule has 0 bridgehead atoms. The summed E-state index contributed by atoms with van der Waals surface area (Å²) < 4.78 is 41.7. The maximum absolute atomic E-state index is 13.9. The molecule has 220 valence electrons. The number of aromatic nitrogens is 2. The molecule has 0 aliphatic carbocycles. The Morgan fingerprint density at radius 1 is 0.929 bits per heavy atom. The van der Waals surface area contributed by atoms with Gasteiger partial charge in [0.05, 0.1) is 5.56 Å². The first-order valence-corrected chi connectivity index (χ1v) is 13.5. The Hall–Kier alpha value is -4.47. The summed E-state index contributed by atoms with van der Waals surface area (Å²) in [6.07, 6.45) is -1.58. The minimum Gasteiger partial charge on any atom is -0.311 e. The zero-order chi connectivity index (χ0) is 30.3. The van der Waals surface area contributed by atoms with Crippen LogP contribution in [0.3, 0.4) is 0 Å². The van der Waals surface area contributed by atoms with Crippen molar-refractivity contribution in [2.45, 2.75) is 33.5 Å². The molecule has 3 heterocycles. The monoisotopic (exact) mass is 579 g/mol. The first kappa shape index (κ1) is 30.5. The molecule has 1 aliphatic rings. The Kier molecular flexibility index (Phi) is 9.77. The van der Waals surface area contributed by atoms with Gasteiger partial charge in [0.15, 0.2) is 0 Å². The van der Waals surface area contributed by atoms with Gasteiger partial charge in [0.25, 0.3) is 0 Å². The number of likely N-dealkylation sites (N-methyl/N-ethyl adjacent to an activating group) is 1. The second-order valence-electron chi connectivity index (χ2n) is 9.91. The number of rotatable bonds is 6. The summed E-state index contributed by atoms with van der Waals surface area (Å²) in [5, 5.41) is 7.64. The fraction of sp³-hybridized carbons (Fsp3) is 0.333. The summed E-state index contributed by atoms with van der Waals surface area (Å²) >= 11 is 0. The van der Waals surface area contributed by atoms with Gasteiger partial charge in [-0.1, -0.05) is 24.8 Å². The molecule has 1 aliphatic heterocycles. The van der Waals surface area contributed by atoms with E-state index in [1.807, 2.05) is 4.90 Å². The van der Waals surface area contributed by atoms with Crippen LogP contribution in [0, 0.1) is 18.8 Å². The number of amides is 3. The van der Waals surface area contributed by atoms with Crippen molar-refractivity contribution in [3.05, 3.63) is 76.6 Å². The number of hydrogen-bond donors (Lipinski definition) is 3. The zero-order valence-electron chi connectivity index (χ0n) is 23.6. The van der Waals surface area contributed by atoms with E-state index in [4.69, 9.17) is 0 Å². The predicted octanol–water partition coefficient (Wildman–Crippen LogP) is 4.94. The molecule has 9 nitrogen and oxygen atoms in total. The summed E-state index contributed by atoms with van der Waals surface area (Å²) in [6.45, 7) is 9.42. The third-order valence-corrected chi connectivity index (χ3v) is 6.70. The molecule has 1 saturated heterocycles. The molecule has 3 aromatic rings. The highest BCUT2D eigenvalue weighted by molar-refractivity contribution is 5.99. The first-order chi connectivity index (χ1) is 20.0. The number of urea groups is 1. The van der Waals surface area contributed by atoms with Crippen LogP contribution in [-0.4, -0.2) is 64.4 Å². The number of nitrogens with one attached hydrogen (secondary N) is 3. The summed E-state index contributed by atoms with van der Waals surface area (Å²) in [5.41, 5.74) is 1.33. The van der Waals surface area contributed by atoms with Gasteiger partial charge in [-0.2, -0.15) is 13.2 Å². The van der Waals surface area contributed by atoms with E-state index in [9.17, 15) is 22.8 Å². The SMILES string of the molecule is CCN1CCN(Cc2ccc(NC(=O)Nc3cc(C#Cc4cnc(NC(C)=O)c(C)c4)ccn3)cc2C(F)(F)F)CC1. The highest BCUT2D eigenvalue weighted by Gasteiger charge is 2.34. The molecule has 4 rings (SSSR count). The standard InChI is InChI=1S/C30H32F3N7O2/c1-4-39-11-13-40(14-12-39)19-24-7-8-25(17-26(24)30(31,32)33)37-29(42)38-27-16-22(9-10-34-27)5-6-23-15-20(2)28(35-18-23)36-21(3)41/h7-10,15-18H,4,11-14,19H2,1-3H3,(H,35,36,41)(H2,34,37,38,42). The van der Waals surface area contributed by atoms with Crippen LogP contribution < -0.4 is 16.0 Å². The Morgan fingerprint density at radius 2 is 1.64 bits per heavy atom. The molecule has 1 fully saturated rings. The van der Waals surface area contributed by atoms with Crippen LogP contribution in [0.2, 0.25) is 0 Å². The van der Waals surface area contributed by atoms with E-state index in [1.54, 1.807) is 25.1 Å². The quantitative estimate of drug-likeness (QED) is 0.358. The third-order valence-electron chi connectivity index (χ3n) is 6.70. The first-order valence-electron chi connectivity index (χ1n) is 13.5. The van der Waals surface area contributed by atoms with Gasteiger partial charge in [0, 0.05) is 68.9 Å². The molecule has 12 heteroatoms. The van der Waals surface area contributed by atoms with Crippen LogP contribution in [0.4, 0.5) is 35.3 Å². The van der Waals surface area contributed by atoms with Crippen LogP contribution in [0.5, 0.6) is 0 Å². The number of hydrogen-bond acceptors (Lipinski definition) is 6. The molecule has 3 amide bonds. The van der Waals surface area contributed by atoms with Gasteiger partial charge in [0.1, 0.15) is 11.6 Å². The predicted molar refractivity (Wildman–Crippen MR) is 155 cm³/mol. The fourth-order valence-electron chi connectivity index (χ4n) is 4.50. The van der Waals surface area contributed by atoms with Crippen LogP contribution >= 0.6 is 0 Å². The lowest BCUT2D eigenvalue weighted by molar-refractivity contribution is -0.138. The minimum absolute atomic E-state index is 0.0147. The number of anilines is 3. The molecule has 0 atom stereocenters. The topological polar surface area (TPSA) is 102 Å². The molecular weight excluding hydrogens is 547 g/mol. The fourth-order valence-corrected chi connectivity index (χ4v) is 4.50. The van der Waals surface area contributed by atoms with E-state index in [0.29, 0.717) is 30.0 Å². The van der Waals surface area contributed by atoms with Crippen molar-refractivity contribution < 1.29 is 22.8 Å². The summed E-state index contributed by atoms with van der Waals surface area (Å²) in [6, 6.07) is 8.08. The van der Waals surface area contributed by atoms with Gasteiger partial charge in [0.2, 0.25) is 5.91 Å². The number of piperazine rings is 1. The lowest BCUT2D eigenvalue weighted by Gasteiger charge is -2.34. The second kappa shape index (κ2) is 13.5. The maximum atomic E-state index is 13.9. The third kappa shape index (κ3) is 8.52.